The molecule has 0 bridgehead atoms. The predicted molar refractivity (Wildman–Crippen MR) is 155 cm³/mol. The Kier molecular flexibility index (Phi) is 29.7. The van der Waals surface area contributed by atoms with Gasteiger partial charge in [0.25, 0.3) is 5.91 Å². The number of halogens is 3. The number of hydrogen-bond acceptors (Lipinski definition) is 9. The zero-order chi connectivity index (χ0) is 25.9. The lowest BCUT2D eigenvalue weighted by Gasteiger charge is -2.21. The monoisotopic (exact) mass is 675 g/mol. The Hall–Kier alpha value is -1.71. The molecule has 14 heteroatoms. The maximum absolute atomic E-state index is 11.4. The summed E-state index contributed by atoms with van der Waals surface area (Å²) in [6.45, 7) is 4.02. The van der Waals surface area contributed by atoms with Gasteiger partial charge in [0.2, 0.25) is 0 Å². The molecule has 1 amide bonds. The number of hydroxylamine groups is 3. The highest BCUT2D eigenvalue weighted by Crippen LogP contribution is 2.10. The van der Waals surface area contributed by atoms with Crippen LogP contribution in [0.2, 0.25) is 0 Å². The van der Waals surface area contributed by atoms with E-state index >= 15 is 0 Å². The summed E-state index contributed by atoms with van der Waals surface area (Å²) < 4.78 is 6.64. The van der Waals surface area contributed by atoms with Crippen LogP contribution in [-0.2, 0) is 14.4 Å². The fourth-order valence-electron chi connectivity index (χ4n) is 1.94. The van der Waals surface area contributed by atoms with Crippen molar-refractivity contribution in [1.29, 1.82) is 0 Å². The van der Waals surface area contributed by atoms with E-state index in [4.69, 9.17) is 14.7 Å². The second kappa shape index (κ2) is 25.9. The van der Waals surface area contributed by atoms with E-state index in [9.17, 15) is 9.59 Å². The quantitative estimate of drug-likeness (QED) is 0.449. The molecular formula is C23H40Br2ClN5O6. The van der Waals surface area contributed by atoms with Gasteiger partial charge in [0, 0.05) is 48.5 Å². The van der Waals surface area contributed by atoms with Gasteiger partial charge in [-0.1, -0.05) is 46.7 Å². The fourth-order valence-corrected chi connectivity index (χ4v) is 2.61. The van der Waals surface area contributed by atoms with Crippen LogP contribution < -0.4 is 5.48 Å². The summed E-state index contributed by atoms with van der Waals surface area (Å²) in [4.78, 5) is 40.5. The number of carboxylic acids is 1. The highest BCUT2D eigenvalue weighted by Gasteiger charge is 2.12. The smallest absolute Gasteiger partial charge is 0.354 e. The average molecular weight is 678 g/mol. The number of rotatable bonds is 4. The number of amides is 1. The van der Waals surface area contributed by atoms with Crippen LogP contribution in [0.3, 0.4) is 0 Å². The van der Waals surface area contributed by atoms with Crippen molar-refractivity contribution in [2.24, 2.45) is 0 Å². The Bertz CT molecular complexity index is 862. The van der Waals surface area contributed by atoms with E-state index in [1.54, 1.807) is 38.6 Å². The lowest BCUT2D eigenvalue weighted by molar-refractivity contribution is -0.0760. The van der Waals surface area contributed by atoms with Gasteiger partial charge in [0.15, 0.2) is 0 Å². The third-order valence-electron chi connectivity index (χ3n) is 3.88. The molecular weight excluding hydrogens is 638 g/mol. The van der Waals surface area contributed by atoms with E-state index in [-0.39, 0.29) is 38.9 Å². The molecule has 1 aliphatic heterocycles. The number of carbonyl (C=O) groups is 2. The van der Waals surface area contributed by atoms with E-state index in [2.05, 4.69) is 64.1 Å². The van der Waals surface area contributed by atoms with Crippen LogP contribution in [-0.4, -0.2) is 98.6 Å². The molecule has 0 saturated carbocycles. The van der Waals surface area contributed by atoms with Crippen molar-refractivity contribution in [1.82, 2.24) is 25.4 Å². The number of hydrogen-bond donors (Lipinski definition) is 2. The maximum Gasteiger partial charge on any atom is 0.354 e. The van der Waals surface area contributed by atoms with E-state index in [0.717, 1.165) is 40.3 Å². The number of ether oxygens (including phenoxy) is 1. The fraction of sp³-hybridized carbons (Fsp3) is 0.478. The standard InChI is InChI=1S/C8H9BrN2O2.C6H4BrNO2.C5H11NO.C2H7NO.2CH4.ClH/c1-11(13-2)8(12)7-5-6(9)3-4-10-7;7-4-1-2-8-5(3-4)6(9)10;1-6-2-4-7-5-3-6;1-3-4-2;;;/h3-5H,1-2H3;1-3H,(H,9,10);2-5H2,1H3;3H,1-2H3;2*1H4;1H. The number of nitrogens with zero attached hydrogens (tertiary/aromatic N) is 4. The number of pyridine rings is 2. The lowest BCUT2D eigenvalue weighted by atomic mass is 10.3. The van der Waals surface area contributed by atoms with Crippen LogP contribution in [0.25, 0.3) is 0 Å². The van der Waals surface area contributed by atoms with Crippen LogP contribution in [0.15, 0.2) is 45.6 Å². The summed E-state index contributed by atoms with van der Waals surface area (Å²) in [5.41, 5.74) is 2.83. The van der Waals surface area contributed by atoms with Gasteiger partial charge < -0.3 is 19.6 Å². The summed E-state index contributed by atoms with van der Waals surface area (Å²) in [5.74, 6) is -1.29. The zero-order valence-corrected chi connectivity index (χ0v) is 24.2. The number of nitrogens with one attached hydrogen (secondary N) is 1. The van der Waals surface area contributed by atoms with E-state index in [1.807, 2.05) is 0 Å². The molecule has 2 aromatic heterocycles. The highest BCUT2D eigenvalue weighted by atomic mass is 79.9. The molecule has 0 atom stereocenters. The topological polar surface area (TPSA) is 126 Å². The van der Waals surface area contributed by atoms with E-state index in [1.165, 1.54) is 26.4 Å². The Labute approximate surface area is 243 Å². The van der Waals surface area contributed by atoms with Gasteiger partial charge in [-0.3, -0.25) is 14.6 Å². The number of carbonyl (C=O) groups excluding carboxylic acids is 1. The van der Waals surface area contributed by atoms with Gasteiger partial charge in [-0.05, 0) is 31.3 Å². The predicted octanol–water partition coefficient (Wildman–Crippen LogP) is 4.43. The third-order valence-corrected chi connectivity index (χ3v) is 4.87. The molecule has 11 nitrogen and oxygen atoms in total. The maximum atomic E-state index is 11.4. The normalized spacial score (nSPS) is 11.5. The molecule has 1 fully saturated rings. The molecule has 3 heterocycles. The first-order chi connectivity index (χ1) is 16.2. The molecule has 0 aromatic carbocycles. The van der Waals surface area contributed by atoms with Gasteiger partial charge in [0.1, 0.15) is 11.4 Å². The molecule has 1 aliphatic rings. The Balaban J connectivity index is -0.000000204. The van der Waals surface area contributed by atoms with Crippen molar-refractivity contribution in [2.75, 3.05) is 61.7 Å². The first kappa shape index (κ1) is 42.4. The Morgan fingerprint density at radius 3 is 1.78 bits per heavy atom. The Morgan fingerprint density at radius 2 is 1.49 bits per heavy atom. The Morgan fingerprint density at radius 1 is 1.05 bits per heavy atom. The van der Waals surface area contributed by atoms with Gasteiger partial charge in [-0.25, -0.2) is 20.3 Å². The summed E-state index contributed by atoms with van der Waals surface area (Å²) in [6.07, 6.45) is 2.99. The van der Waals surface area contributed by atoms with E-state index < -0.39 is 5.97 Å². The first-order valence-corrected chi connectivity index (χ1v) is 11.5. The number of carboxylic acid groups (broad SMARTS) is 1. The number of aromatic nitrogens is 2. The summed E-state index contributed by atoms with van der Waals surface area (Å²) in [6, 6.07) is 6.51. The number of likely N-dealkylation sites (N-methyl/N-ethyl adjacent to an activating group) is 1. The summed E-state index contributed by atoms with van der Waals surface area (Å²) >= 11 is 6.38. The molecule has 0 radical (unpaired) electrons. The highest BCUT2D eigenvalue weighted by molar-refractivity contribution is 9.10. The van der Waals surface area contributed by atoms with Crippen molar-refractivity contribution in [3.63, 3.8) is 0 Å². The number of morpholine rings is 1. The van der Waals surface area contributed by atoms with Gasteiger partial charge in [0.05, 0.1) is 27.4 Å². The van der Waals surface area contributed by atoms with Crippen molar-refractivity contribution in [2.45, 2.75) is 14.9 Å². The van der Waals surface area contributed by atoms with Gasteiger partial charge in [-0.15, -0.1) is 12.4 Å². The van der Waals surface area contributed by atoms with Crippen molar-refractivity contribution >= 4 is 56.1 Å². The minimum Gasteiger partial charge on any atom is -0.477 e. The van der Waals surface area contributed by atoms with Crippen LogP contribution in [0.1, 0.15) is 35.8 Å². The molecule has 0 unspecified atom stereocenters. The number of aromatic carboxylic acids is 1. The second-order valence-electron chi connectivity index (χ2n) is 6.33. The lowest BCUT2D eigenvalue weighted by Crippen LogP contribution is -2.32. The van der Waals surface area contributed by atoms with Crippen LogP contribution in [0, 0.1) is 0 Å². The largest absolute Gasteiger partial charge is 0.477 e. The molecule has 2 N–H and O–H groups in total. The first-order valence-electron chi connectivity index (χ1n) is 9.90. The van der Waals surface area contributed by atoms with E-state index in [0.29, 0.717) is 5.69 Å². The van der Waals surface area contributed by atoms with Gasteiger partial charge >= 0.3 is 5.97 Å². The molecule has 3 rings (SSSR count). The van der Waals surface area contributed by atoms with Crippen molar-refractivity contribution in [3.05, 3.63) is 57.0 Å². The van der Waals surface area contributed by atoms with Crippen molar-refractivity contribution in [3.8, 4) is 0 Å². The van der Waals surface area contributed by atoms with Crippen LogP contribution in [0.5, 0.6) is 0 Å². The second-order valence-corrected chi connectivity index (χ2v) is 8.16. The zero-order valence-electron chi connectivity index (χ0n) is 20.2. The minimum atomic E-state index is -1.01. The molecule has 1 saturated heterocycles. The third kappa shape index (κ3) is 21.0. The molecule has 214 valence electrons. The molecule has 37 heavy (non-hydrogen) atoms. The average Bonchev–Trinajstić information content (AvgIpc) is 2.84. The SMILES string of the molecule is C.C.CN1CCOCC1.CNOC.CON(C)C(=O)c1cc(Br)ccn1.Cl.O=C(O)c1cc(Br)ccn1. The molecule has 0 spiro atoms. The van der Waals surface area contributed by atoms with Crippen molar-refractivity contribution < 1.29 is 29.1 Å². The van der Waals surface area contributed by atoms with Gasteiger partial charge in [-0.2, -0.15) is 0 Å². The molecule has 2 aromatic rings. The molecule has 0 aliphatic carbocycles. The van der Waals surface area contributed by atoms with Crippen LogP contribution >= 0.6 is 44.3 Å². The summed E-state index contributed by atoms with van der Waals surface area (Å²) in [5, 5.41) is 9.55. The summed E-state index contributed by atoms with van der Waals surface area (Å²) in [7, 11) is 8.35. The minimum absolute atomic E-state index is 0. The van der Waals surface area contributed by atoms with Crippen LogP contribution in [0.4, 0.5) is 0 Å².